The lowest BCUT2D eigenvalue weighted by Crippen LogP contribution is -2.23. The molecule has 0 bridgehead atoms. The number of ether oxygens (including phenoxy) is 2. The fourth-order valence-electron chi connectivity index (χ4n) is 1.19. The second-order valence-corrected chi connectivity index (χ2v) is 3.90. The van der Waals surface area contributed by atoms with Gasteiger partial charge < -0.3 is 14.3 Å². The number of hydrogen-bond donors (Lipinski definition) is 0. The van der Waals surface area contributed by atoms with Crippen molar-refractivity contribution < 1.29 is 14.3 Å². The molecule has 0 spiro atoms. The largest absolute Gasteiger partial charge is 0.348 e. The van der Waals surface area contributed by atoms with Crippen LogP contribution in [0.2, 0.25) is 0 Å². The maximum atomic E-state index is 10.2. The average Bonchev–Trinajstić information content (AvgIpc) is 2.30. The lowest BCUT2D eigenvalue weighted by Gasteiger charge is -2.17. The van der Waals surface area contributed by atoms with E-state index in [1.165, 1.54) is 0 Å². The molecule has 0 aliphatic carbocycles. The lowest BCUT2D eigenvalue weighted by molar-refractivity contribution is -0.139. The summed E-state index contributed by atoms with van der Waals surface area (Å²) < 4.78 is 10.8. The van der Waals surface area contributed by atoms with Crippen molar-refractivity contribution in [3.63, 3.8) is 0 Å². The summed E-state index contributed by atoms with van der Waals surface area (Å²) in [4.78, 5) is 10.2. The van der Waals surface area contributed by atoms with E-state index in [1.54, 1.807) is 0 Å². The molecule has 12 heavy (non-hydrogen) atoms. The number of carbonyl (C=O) groups excluding carboxylic acids is 1. The van der Waals surface area contributed by atoms with Gasteiger partial charge in [0.2, 0.25) is 0 Å². The molecule has 70 valence electrons. The second kappa shape index (κ2) is 3.73. The van der Waals surface area contributed by atoms with Crippen LogP contribution < -0.4 is 0 Å². The van der Waals surface area contributed by atoms with E-state index in [0.29, 0.717) is 13.0 Å². The van der Waals surface area contributed by atoms with Crippen molar-refractivity contribution in [2.45, 2.75) is 37.5 Å². The maximum Gasteiger partial charge on any atom is 0.163 e. The maximum absolute atomic E-state index is 10.2. The molecular weight excluding hydrogens is 180 g/mol. The SMILES string of the molecule is CC1(C)OCC(CC(Cl)C=O)O1. The monoisotopic (exact) mass is 192 g/mol. The van der Waals surface area contributed by atoms with Gasteiger partial charge in [0.05, 0.1) is 18.1 Å². The van der Waals surface area contributed by atoms with Gasteiger partial charge in [-0.05, 0) is 20.3 Å². The van der Waals surface area contributed by atoms with Crippen molar-refractivity contribution in [1.29, 1.82) is 0 Å². The summed E-state index contributed by atoms with van der Waals surface area (Å²) in [6.45, 7) is 4.21. The van der Waals surface area contributed by atoms with Crippen LogP contribution in [-0.4, -0.2) is 30.2 Å². The van der Waals surface area contributed by atoms with E-state index in [2.05, 4.69) is 0 Å². The molecular formula is C8H13ClO3. The van der Waals surface area contributed by atoms with Gasteiger partial charge >= 0.3 is 0 Å². The van der Waals surface area contributed by atoms with E-state index in [0.717, 1.165) is 6.29 Å². The molecule has 1 aliphatic heterocycles. The van der Waals surface area contributed by atoms with Crippen LogP contribution >= 0.6 is 11.6 Å². The van der Waals surface area contributed by atoms with Crippen molar-refractivity contribution in [2.24, 2.45) is 0 Å². The van der Waals surface area contributed by atoms with Crippen LogP contribution in [0.4, 0.5) is 0 Å². The van der Waals surface area contributed by atoms with E-state index in [9.17, 15) is 4.79 Å². The molecule has 1 rings (SSSR count). The molecule has 0 amide bonds. The summed E-state index contributed by atoms with van der Waals surface area (Å²) in [5.74, 6) is -0.524. The second-order valence-electron chi connectivity index (χ2n) is 3.34. The number of alkyl halides is 1. The third kappa shape index (κ3) is 2.73. The van der Waals surface area contributed by atoms with E-state index >= 15 is 0 Å². The number of halogens is 1. The highest BCUT2D eigenvalue weighted by molar-refractivity contribution is 6.27. The van der Waals surface area contributed by atoms with Crippen LogP contribution in [0.1, 0.15) is 20.3 Å². The molecule has 4 heteroatoms. The molecule has 1 saturated heterocycles. The van der Waals surface area contributed by atoms with Gasteiger partial charge in [-0.2, -0.15) is 0 Å². The Hall–Kier alpha value is -0.120. The summed E-state index contributed by atoms with van der Waals surface area (Å²) in [7, 11) is 0. The Morgan fingerprint density at radius 2 is 2.42 bits per heavy atom. The fraction of sp³-hybridized carbons (Fsp3) is 0.875. The minimum atomic E-state index is -0.524. The van der Waals surface area contributed by atoms with Crippen molar-refractivity contribution in [3.8, 4) is 0 Å². The summed E-state index contributed by atoms with van der Waals surface area (Å²) in [6.07, 6.45) is 1.19. The topological polar surface area (TPSA) is 35.5 Å². The first-order valence-electron chi connectivity index (χ1n) is 3.94. The minimum Gasteiger partial charge on any atom is -0.348 e. The highest BCUT2D eigenvalue weighted by Gasteiger charge is 2.33. The molecule has 3 nitrogen and oxygen atoms in total. The smallest absolute Gasteiger partial charge is 0.163 e. The predicted molar refractivity (Wildman–Crippen MR) is 45.2 cm³/mol. The third-order valence-corrected chi connectivity index (χ3v) is 1.98. The van der Waals surface area contributed by atoms with Gasteiger partial charge in [0.15, 0.2) is 5.79 Å². The van der Waals surface area contributed by atoms with Crippen LogP contribution in [-0.2, 0) is 14.3 Å². The molecule has 2 unspecified atom stereocenters. The number of hydrogen-bond acceptors (Lipinski definition) is 3. The van der Waals surface area contributed by atoms with Crippen LogP contribution in [0.3, 0.4) is 0 Å². The van der Waals surface area contributed by atoms with Gasteiger partial charge in [0.1, 0.15) is 6.29 Å². The highest BCUT2D eigenvalue weighted by atomic mass is 35.5. The Morgan fingerprint density at radius 3 is 2.83 bits per heavy atom. The lowest BCUT2D eigenvalue weighted by atomic mass is 10.2. The van der Waals surface area contributed by atoms with Crippen LogP contribution in [0.5, 0.6) is 0 Å². The minimum absolute atomic E-state index is 0.0484. The Morgan fingerprint density at radius 1 is 1.75 bits per heavy atom. The standard InChI is InChI=1S/C8H13ClO3/c1-8(2)11-5-7(12-8)3-6(9)4-10/h4,6-7H,3,5H2,1-2H3. The Balaban J connectivity index is 2.33. The average molecular weight is 193 g/mol. The molecule has 0 aromatic heterocycles. The number of carbonyl (C=O) groups is 1. The van der Waals surface area contributed by atoms with Gasteiger partial charge in [-0.15, -0.1) is 11.6 Å². The number of aldehydes is 1. The molecule has 1 aliphatic rings. The van der Waals surface area contributed by atoms with Gasteiger partial charge in [0, 0.05) is 0 Å². The van der Waals surface area contributed by atoms with Crippen LogP contribution in [0, 0.1) is 0 Å². The first-order chi connectivity index (χ1) is 5.53. The summed E-state index contributed by atoms with van der Waals surface area (Å²) >= 11 is 5.63. The molecule has 0 aromatic carbocycles. The quantitative estimate of drug-likeness (QED) is 0.500. The number of rotatable bonds is 3. The summed E-state index contributed by atoms with van der Waals surface area (Å²) in [6, 6.07) is 0. The van der Waals surface area contributed by atoms with Gasteiger partial charge in [0.25, 0.3) is 0 Å². The predicted octanol–water partition coefficient (Wildman–Crippen LogP) is 1.33. The first-order valence-corrected chi connectivity index (χ1v) is 4.38. The summed E-state index contributed by atoms with van der Waals surface area (Å²) in [5.41, 5.74) is 0. The first kappa shape index (κ1) is 9.96. The highest BCUT2D eigenvalue weighted by Crippen LogP contribution is 2.25. The Kier molecular flexibility index (Phi) is 3.09. The molecule has 0 saturated carbocycles. The molecule has 0 N–H and O–H groups in total. The van der Waals surface area contributed by atoms with Crippen molar-refractivity contribution in [1.82, 2.24) is 0 Å². The molecule has 1 fully saturated rings. The molecule has 0 aromatic rings. The van der Waals surface area contributed by atoms with Crippen molar-refractivity contribution >= 4 is 17.9 Å². The fourth-order valence-corrected chi connectivity index (χ4v) is 1.38. The Labute approximate surface area is 77.0 Å². The van der Waals surface area contributed by atoms with Crippen molar-refractivity contribution in [2.75, 3.05) is 6.61 Å². The zero-order chi connectivity index (χ0) is 9.19. The Bertz CT molecular complexity index is 170. The van der Waals surface area contributed by atoms with Crippen molar-refractivity contribution in [3.05, 3.63) is 0 Å². The zero-order valence-electron chi connectivity index (χ0n) is 7.25. The van der Waals surface area contributed by atoms with E-state index in [-0.39, 0.29) is 6.10 Å². The normalized spacial score (nSPS) is 30.1. The molecule has 0 radical (unpaired) electrons. The van der Waals surface area contributed by atoms with Crippen LogP contribution in [0.15, 0.2) is 0 Å². The molecule has 1 heterocycles. The molecule has 2 atom stereocenters. The van der Waals surface area contributed by atoms with E-state index < -0.39 is 11.2 Å². The van der Waals surface area contributed by atoms with E-state index in [1.807, 2.05) is 13.8 Å². The van der Waals surface area contributed by atoms with Crippen LogP contribution in [0.25, 0.3) is 0 Å². The summed E-state index contributed by atoms with van der Waals surface area (Å²) in [5, 5.41) is -0.465. The van der Waals surface area contributed by atoms with Gasteiger partial charge in [-0.25, -0.2) is 0 Å². The van der Waals surface area contributed by atoms with Gasteiger partial charge in [-0.1, -0.05) is 0 Å². The van der Waals surface area contributed by atoms with Gasteiger partial charge in [-0.3, -0.25) is 0 Å². The van der Waals surface area contributed by atoms with E-state index in [4.69, 9.17) is 21.1 Å². The zero-order valence-corrected chi connectivity index (χ0v) is 8.00. The third-order valence-electron chi connectivity index (χ3n) is 1.70.